The monoisotopic (exact) mass is 564 g/mol. The molecule has 0 atom stereocenters. The average Bonchev–Trinajstić information content (AvgIpc) is 3.25. The molecule has 39 heavy (non-hydrogen) atoms. The molecule has 0 amide bonds. The van der Waals surface area contributed by atoms with E-state index in [1.54, 1.807) is 0 Å². The van der Waals surface area contributed by atoms with E-state index in [1.165, 1.54) is 0 Å². The number of fused-ring (bicyclic) bond motifs is 3. The Kier molecular flexibility index (Phi) is 8.07. The lowest BCUT2D eigenvalue weighted by Crippen LogP contribution is -2.26. The van der Waals surface area contributed by atoms with Crippen molar-refractivity contribution in [1.82, 2.24) is 19.3 Å². The number of hydrogen-bond acceptors (Lipinski definition) is 7. The lowest BCUT2D eigenvalue weighted by molar-refractivity contribution is -0.388. The summed E-state index contributed by atoms with van der Waals surface area (Å²) in [6.07, 6.45) is -1.35. The van der Waals surface area contributed by atoms with Gasteiger partial charge in [0.25, 0.3) is 5.69 Å². The van der Waals surface area contributed by atoms with E-state index in [4.69, 9.17) is 10.7 Å². The highest BCUT2D eigenvalue weighted by atomic mass is 32.2. The van der Waals surface area contributed by atoms with E-state index < -0.39 is 37.3 Å². The summed E-state index contributed by atoms with van der Waals surface area (Å²) in [6.45, 7) is 2.51. The summed E-state index contributed by atoms with van der Waals surface area (Å²) in [7, 11) is -4.42. The van der Waals surface area contributed by atoms with Crippen molar-refractivity contribution in [2.45, 2.75) is 56.6 Å². The SMILES string of the molecule is CCCCc1nc2c(N)nc3ccccc3c2n1CCCCNS(=O)(=O)c1ccc(C(F)(F)F)cc1[N+](=O)[O-]. The second-order valence-corrected chi connectivity index (χ2v) is 10.8. The van der Waals surface area contributed by atoms with Crippen LogP contribution in [0.4, 0.5) is 24.7 Å². The number of aromatic nitrogens is 3. The number of aryl methyl sites for hydroxylation is 2. The van der Waals surface area contributed by atoms with Gasteiger partial charge in [-0.25, -0.2) is 23.1 Å². The Bertz CT molecular complexity index is 1640. The van der Waals surface area contributed by atoms with E-state index in [-0.39, 0.29) is 12.6 Å². The molecule has 2 aromatic heterocycles. The van der Waals surface area contributed by atoms with Crippen LogP contribution in [-0.2, 0) is 29.2 Å². The van der Waals surface area contributed by atoms with Gasteiger partial charge in [-0.1, -0.05) is 31.5 Å². The number of alkyl halides is 3. The lowest BCUT2D eigenvalue weighted by atomic mass is 10.2. The Morgan fingerprint density at radius 2 is 1.85 bits per heavy atom. The van der Waals surface area contributed by atoms with Crippen LogP contribution >= 0.6 is 0 Å². The van der Waals surface area contributed by atoms with Gasteiger partial charge in [0.15, 0.2) is 10.7 Å². The molecule has 0 saturated carbocycles. The summed E-state index contributed by atoms with van der Waals surface area (Å²) in [4.78, 5) is 18.6. The van der Waals surface area contributed by atoms with Gasteiger partial charge in [-0.05, 0) is 37.5 Å². The van der Waals surface area contributed by atoms with Gasteiger partial charge < -0.3 is 10.3 Å². The number of imidazole rings is 1. The first-order valence-electron chi connectivity index (χ1n) is 12.3. The zero-order valence-electron chi connectivity index (χ0n) is 21.0. The van der Waals surface area contributed by atoms with Gasteiger partial charge in [-0.3, -0.25) is 10.1 Å². The van der Waals surface area contributed by atoms with Gasteiger partial charge in [0.1, 0.15) is 11.3 Å². The van der Waals surface area contributed by atoms with E-state index in [1.807, 2.05) is 24.3 Å². The van der Waals surface area contributed by atoms with Crippen LogP contribution < -0.4 is 10.5 Å². The molecule has 10 nitrogen and oxygen atoms in total. The Balaban J connectivity index is 1.51. The number of anilines is 1. The normalized spacial score (nSPS) is 12.4. The van der Waals surface area contributed by atoms with E-state index in [0.717, 1.165) is 41.5 Å². The van der Waals surface area contributed by atoms with Crippen molar-refractivity contribution in [3.05, 3.63) is 64.0 Å². The number of nitrogens with two attached hydrogens (primary N) is 1. The van der Waals surface area contributed by atoms with Crippen LogP contribution in [0.2, 0.25) is 0 Å². The molecule has 0 spiro atoms. The van der Waals surface area contributed by atoms with Crippen molar-refractivity contribution in [2.75, 3.05) is 12.3 Å². The molecule has 0 fully saturated rings. The molecule has 2 aromatic carbocycles. The smallest absolute Gasteiger partial charge is 0.382 e. The standard InChI is InChI=1S/C25H27F3N6O4S/c1-2-3-10-21-32-22-23(17-8-4-5-9-18(17)31-24(22)29)33(21)14-7-6-13-30-39(37,38)20-12-11-16(25(26,27)28)15-19(20)34(35)36/h4-5,8-9,11-12,15,30H,2-3,6-7,10,13-14H2,1H3,(H2,29,31). The third-order valence-corrected chi connectivity index (χ3v) is 7.82. The van der Waals surface area contributed by atoms with Crippen molar-refractivity contribution < 1.29 is 26.5 Å². The molecular weight excluding hydrogens is 537 g/mol. The molecule has 0 radical (unpaired) electrons. The average molecular weight is 565 g/mol. The third-order valence-electron chi connectivity index (χ3n) is 6.32. The molecule has 0 aliphatic heterocycles. The molecule has 3 N–H and O–H groups in total. The molecule has 14 heteroatoms. The number of rotatable bonds is 11. The molecule has 0 saturated heterocycles. The Labute approximate surface area is 222 Å². The fourth-order valence-electron chi connectivity index (χ4n) is 4.41. The minimum Gasteiger partial charge on any atom is -0.382 e. The van der Waals surface area contributed by atoms with E-state index in [2.05, 4.69) is 21.2 Å². The molecule has 0 unspecified atom stereocenters. The minimum absolute atomic E-state index is 0.0676. The van der Waals surface area contributed by atoms with Crippen LogP contribution in [0.5, 0.6) is 0 Å². The fraction of sp³-hybridized carbons (Fsp3) is 0.360. The first kappa shape index (κ1) is 28.2. The number of benzene rings is 2. The molecule has 208 valence electrons. The molecular formula is C25H27F3N6O4S. The number of pyridine rings is 1. The molecule has 2 heterocycles. The largest absolute Gasteiger partial charge is 0.416 e. The van der Waals surface area contributed by atoms with Gasteiger partial charge in [0, 0.05) is 31.0 Å². The number of nitrogens with zero attached hydrogens (tertiary/aromatic N) is 4. The maximum Gasteiger partial charge on any atom is 0.416 e. The van der Waals surface area contributed by atoms with Crippen LogP contribution in [0, 0.1) is 10.1 Å². The molecule has 4 rings (SSSR count). The van der Waals surface area contributed by atoms with Crippen molar-refractivity contribution in [3.63, 3.8) is 0 Å². The van der Waals surface area contributed by atoms with Gasteiger partial charge in [-0.2, -0.15) is 13.2 Å². The highest BCUT2D eigenvalue weighted by Gasteiger charge is 2.35. The summed E-state index contributed by atoms with van der Waals surface area (Å²) in [5.41, 5.74) is 5.96. The third kappa shape index (κ3) is 5.96. The molecule has 0 bridgehead atoms. The first-order valence-corrected chi connectivity index (χ1v) is 13.8. The number of nitro groups is 1. The maximum absolute atomic E-state index is 13.0. The van der Waals surface area contributed by atoms with Crippen LogP contribution in [-0.4, -0.2) is 34.4 Å². The van der Waals surface area contributed by atoms with E-state index in [0.29, 0.717) is 42.9 Å². The second-order valence-electron chi connectivity index (χ2n) is 9.04. The van der Waals surface area contributed by atoms with Gasteiger partial charge >= 0.3 is 6.18 Å². The summed E-state index contributed by atoms with van der Waals surface area (Å²) < 4.78 is 68.6. The Morgan fingerprint density at radius 3 is 2.54 bits per heavy atom. The molecule has 0 aliphatic carbocycles. The van der Waals surface area contributed by atoms with Gasteiger partial charge in [0.2, 0.25) is 10.0 Å². The van der Waals surface area contributed by atoms with Crippen LogP contribution in [0.3, 0.4) is 0 Å². The number of nitro benzene ring substituents is 1. The predicted molar refractivity (Wildman–Crippen MR) is 141 cm³/mol. The molecule has 4 aromatic rings. The highest BCUT2D eigenvalue weighted by molar-refractivity contribution is 7.89. The van der Waals surface area contributed by atoms with Crippen LogP contribution in [0.25, 0.3) is 21.9 Å². The zero-order chi connectivity index (χ0) is 28.4. The number of halogens is 3. The van der Waals surface area contributed by atoms with Gasteiger partial charge in [0.05, 0.1) is 21.5 Å². The lowest BCUT2D eigenvalue weighted by Gasteiger charge is -2.12. The van der Waals surface area contributed by atoms with Crippen molar-refractivity contribution in [2.24, 2.45) is 0 Å². The second kappa shape index (κ2) is 11.1. The van der Waals surface area contributed by atoms with Crippen LogP contribution in [0.15, 0.2) is 47.4 Å². The van der Waals surface area contributed by atoms with Crippen molar-refractivity contribution in [1.29, 1.82) is 0 Å². The topological polar surface area (TPSA) is 146 Å². The predicted octanol–water partition coefficient (Wildman–Crippen LogP) is 5.20. The number of hydrogen-bond donors (Lipinski definition) is 2. The number of nitrogen functional groups attached to an aromatic ring is 1. The zero-order valence-corrected chi connectivity index (χ0v) is 21.8. The van der Waals surface area contributed by atoms with Crippen molar-refractivity contribution >= 4 is 43.5 Å². The summed E-state index contributed by atoms with van der Waals surface area (Å²) >= 11 is 0. The quantitative estimate of drug-likeness (QED) is 0.145. The minimum atomic E-state index is -4.85. The number of sulfonamides is 1. The Hall–Kier alpha value is -3.78. The van der Waals surface area contributed by atoms with E-state index >= 15 is 0 Å². The Morgan fingerprint density at radius 1 is 1.10 bits per heavy atom. The number of para-hydroxylation sites is 1. The first-order chi connectivity index (χ1) is 18.4. The number of unbranched alkanes of at least 4 members (excludes halogenated alkanes) is 2. The van der Waals surface area contributed by atoms with Gasteiger partial charge in [-0.15, -0.1) is 0 Å². The van der Waals surface area contributed by atoms with Crippen molar-refractivity contribution in [3.8, 4) is 0 Å². The summed E-state index contributed by atoms with van der Waals surface area (Å²) in [5, 5.41) is 12.2. The van der Waals surface area contributed by atoms with Crippen LogP contribution in [0.1, 0.15) is 44.0 Å². The summed E-state index contributed by atoms with van der Waals surface area (Å²) in [6, 6.07) is 8.91. The molecule has 0 aliphatic rings. The summed E-state index contributed by atoms with van der Waals surface area (Å²) in [5.74, 6) is 1.17. The highest BCUT2D eigenvalue weighted by Crippen LogP contribution is 2.34. The maximum atomic E-state index is 13.0. The van der Waals surface area contributed by atoms with E-state index in [9.17, 15) is 31.7 Å². The number of nitrogens with one attached hydrogen (secondary N) is 1. The fourth-order valence-corrected chi connectivity index (χ4v) is 5.64.